The molecule has 33 heavy (non-hydrogen) atoms. The quantitative estimate of drug-likeness (QED) is 0.590. The summed E-state index contributed by atoms with van der Waals surface area (Å²) in [5.41, 5.74) is 4.61. The Morgan fingerprint density at radius 2 is 2.00 bits per heavy atom. The molecule has 6 heteroatoms. The molecule has 1 heterocycles. The first-order chi connectivity index (χ1) is 16.0. The van der Waals surface area contributed by atoms with Crippen molar-refractivity contribution in [2.24, 2.45) is 5.92 Å². The maximum absolute atomic E-state index is 13.2. The molecule has 1 N–H and O–H groups in total. The van der Waals surface area contributed by atoms with E-state index in [1.165, 1.54) is 11.1 Å². The minimum atomic E-state index is -0.579. The molecule has 0 aromatic heterocycles. The van der Waals surface area contributed by atoms with Crippen LogP contribution in [0.15, 0.2) is 42.5 Å². The number of carbonyl (C=O) groups excluding carboxylic acids is 2. The van der Waals surface area contributed by atoms with Gasteiger partial charge in [0.15, 0.2) is 6.10 Å². The average molecular weight is 451 g/mol. The van der Waals surface area contributed by atoms with E-state index in [2.05, 4.69) is 42.6 Å². The van der Waals surface area contributed by atoms with Gasteiger partial charge < -0.3 is 19.7 Å². The minimum absolute atomic E-state index is 0.138. The van der Waals surface area contributed by atoms with E-state index in [1.54, 1.807) is 7.11 Å². The van der Waals surface area contributed by atoms with Crippen LogP contribution in [-0.4, -0.2) is 49.6 Å². The molecule has 2 aromatic rings. The maximum atomic E-state index is 13.2. The van der Waals surface area contributed by atoms with Crippen LogP contribution in [0.1, 0.15) is 54.5 Å². The molecule has 2 aromatic carbocycles. The van der Waals surface area contributed by atoms with E-state index in [0.717, 1.165) is 36.9 Å². The first kappa shape index (κ1) is 23.3. The fraction of sp³-hybridized carbons (Fsp3) is 0.481. The monoisotopic (exact) mass is 450 g/mol. The fourth-order valence-corrected chi connectivity index (χ4v) is 4.55. The third kappa shape index (κ3) is 5.38. The van der Waals surface area contributed by atoms with Gasteiger partial charge in [0.1, 0.15) is 5.75 Å². The summed E-state index contributed by atoms with van der Waals surface area (Å²) in [6.07, 6.45) is 2.78. The topological polar surface area (TPSA) is 67.9 Å². The number of aryl methyl sites for hydroxylation is 1. The molecule has 0 unspecified atom stereocenters. The molecule has 1 fully saturated rings. The molecule has 0 spiro atoms. The van der Waals surface area contributed by atoms with Crippen molar-refractivity contribution in [3.8, 4) is 5.75 Å². The number of carbonyl (C=O) groups is 2. The first-order valence-electron chi connectivity index (χ1n) is 11.9. The van der Waals surface area contributed by atoms with Gasteiger partial charge in [0.2, 0.25) is 5.91 Å². The Bertz CT molecular complexity index is 1000. The molecule has 6 nitrogen and oxygen atoms in total. The van der Waals surface area contributed by atoms with Crippen LogP contribution in [0.4, 0.5) is 0 Å². The van der Waals surface area contributed by atoms with E-state index in [-0.39, 0.29) is 23.8 Å². The number of nitrogens with one attached hydrogen (secondary N) is 1. The molecule has 1 saturated carbocycles. The normalized spacial score (nSPS) is 18.4. The molecule has 2 amide bonds. The lowest BCUT2D eigenvalue weighted by Gasteiger charge is -2.38. The van der Waals surface area contributed by atoms with Crippen LogP contribution in [0.25, 0.3) is 0 Å². The lowest BCUT2D eigenvalue weighted by atomic mass is 9.87. The highest BCUT2D eigenvalue weighted by atomic mass is 16.5. The van der Waals surface area contributed by atoms with E-state index >= 15 is 0 Å². The zero-order chi connectivity index (χ0) is 23.4. The smallest absolute Gasteiger partial charge is 0.261 e. The molecular weight excluding hydrogens is 416 g/mol. The molecule has 2 aliphatic rings. The Morgan fingerprint density at radius 3 is 2.70 bits per heavy atom. The number of ether oxygens (including phenoxy) is 2. The molecule has 4 rings (SSSR count). The summed E-state index contributed by atoms with van der Waals surface area (Å²) >= 11 is 0. The Hall–Kier alpha value is -2.86. The van der Waals surface area contributed by atoms with Crippen LogP contribution in [0.5, 0.6) is 5.75 Å². The fourth-order valence-electron chi connectivity index (χ4n) is 4.55. The Kier molecular flexibility index (Phi) is 7.33. The number of methoxy groups -OCH3 is 1. The molecular formula is C27H34N2O4. The SMILES string of the molecule is CC[C@@H](Oc1ccc2c(c1)[C@H](c1cccc(C)c1)N(C(=O)C1CC1)CC2)C(=O)NCCOC. The first-order valence-corrected chi connectivity index (χ1v) is 11.9. The number of fused-ring (bicyclic) bond motifs is 1. The molecule has 2 atom stereocenters. The summed E-state index contributed by atoms with van der Waals surface area (Å²) in [5, 5.41) is 2.86. The van der Waals surface area contributed by atoms with Gasteiger partial charge in [-0.15, -0.1) is 0 Å². The summed E-state index contributed by atoms with van der Waals surface area (Å²) < 4.78 is 11.1. The molecule has 1 aliphatic heterocycles. The summed E-state index contributed by atoms with van der Waals surface area (Å²) in [6, 6.07) is 14.3. The van der Waals surface area contributed by atoms with Gasteiger partial charge in [0.05, 0.1) is 12.6 Å². The van der Waals surface area contributed by atoms with Gasteiger partial charge in [-0.25, -0.2) is 0 Å². The second-order valence-corrected chi connectivity index (χ2v) is 9.03. The van der Waals surface area contributed by atoms with Crippen molar-refractivity contribution in [2.45, 2.75) is 51.7 Å². The summed E-state index contributed by atoms with van der Waals surface area (Å²) in [7, 11) is 1.61. The van der Waals surface area contributed by atoms with Crippen LogP contribution in [0, 0.1) is 12.8 Å². The van der Waals surface area contributed by atoms with Crippen molar-refractivity contribution in [1.82, 2.24) is 10.2 Å². The molecule has 0 radical (unpaired) electrons. The van der Waals surface area contributed by atoms with E-state index in [4.69, 9.17) is 9.47 Å². The number of hydrogen-bond acceptors (Lipinski definition) is 4. The maximum Gasteiger partial charge on any atom is 0.261 e. The largest absolute Gasteiger partial charge is 0.481 e. The van der Waals surface area contributed by atoms with E-state index in [0.29, 0.717) is 25.3 Å². The van der Waals surface area contributed by atoms with Gasteiger partial charge in [-0.1, -0.05) is 42.8 Å². The van der Waals surface area contributed by atoms with E-state index in [9.17, 15) is 9.59 Å². The minimum Gasteiger partial charge on any atom is -0.481 e. The lowest BCUT2D eigenvalue weighted by molar-refractivity contribution is -0.134. The predicted molar refractivity (Wildman–Crippen MR) is 127 cm³/mol. The third-order valence-corrected chi connectivity index (χ3v) is 6.46. The molecule has 0 saturated heterocycles. The van der Waals surface area contributed by atoms with E-state index in [1.807, 2.05) is 24.0 Å². The molecule has 176 valence electrons. The lowest BCUT2D eigenvalue weighted by Crippen LogP contribution is -2.41. The highest BCUT2D eigenvalue weighted by Crippen LogP contribution is 2.41. The van der Waals surface area contributed by atoms with Crippen LogP contribution < -0.4 is 10.1 Å². The molecule has 0 bridgehead atoms. The van der Waals surface area contributed by atoms with E-state index < -0.39 is 6.10 Å². The van der Waals surface area contributed by atoms with Crippen molar-refractivity contribution in [2.75, 3.05) is 26.8 Å². The Morgan fingerprint density at radius 1 is 1.18 bits per heavy atom. The van der Waals surface area contributed by atoms with Gasteiger partial charge in [-0.3, -0.25) is 9.59 Å². The second-order valence-electron chi connectivity index (χ2n) is 9.03. The van der Waals surface area contributed by atoms with Crippen molar-refractivity contribution in [1.29, 1.82) is 0 Å². The van der Waals surface area contributed by atoms with Crippen LogP contribution in [-0.2, 0) is 20.7 Å². The number of amides is 2. The van der Waals surface area contributed by atoms with Crippen molar-refractivity contribution >= 4 is 11.8 Å². The zero-order valence-corrected chi connectivity index (χ0v) is 19.8. The van der Waals surface area contributed by atoms with Crippen molar-refractivity contribution in [3.05, 3.63) is 64.7 Å². The van der Waals surface area contributed by atoms with Crippen molar-refractivity contribution < 1.29 is 19.1 Å². The standard InChI is InChI=1S/C27H34N2O4/c1-4-24(26(30)28-13-15-32-3)33-22-11-10-19-12-14-29(27(31)20-8-9-20)25(23(19)17-22)21-7-5-6-18(2)16-21/h5-7,10-11,16-17,20,24-25H,4,8-9,12-15H2,1-3H3,(H,28,30)/t24-,25+/m1/s1. The zero-order valence-electron chi connectivity index (χ0n) is 19.8. The van der Waals surface area contributed by atoms with Crippen LogP contribution in [0.3, 0.4) is 0 Å². The summed E-state index contributed by atoms with van der Waals surface area (Å²) in [6.45, 7) is 5.65. The number of rotatable bonds is 9. The number of nitrogens with zero attached hydrogens (tertiary/aromatic N) is 1. The molecule has 1 aliphatic carbocycles. The summed E-state index contributed by atoms with van der Waals surface area (Å²) in [4.78, 5) is 27.8. The Balaban J connectivity index is 1.63. The third-order valence-electron chi connectivity index (χ3n) is 6.46. The Labute approximate surface area is 196 Å². The highest BCUT2D eigenvalue weighted by Gasteiger charge is 2.39. The second kappa shape index (κ2) is 10.4. The van der Waals surface area contributed by atoms with Gasteiger partial charge in [0.25, 0.3) is 5.91 Å². The van der Waals surface area contributed by atoms with Gasteiger partial charge in [-0.2, -0.15) is 0 Å². The van der Waals surface area contributed by atoms with Gasteiger partial charge in [-0.05, 0) is 61.4 Å². The van der Waals surface area contributed by atoms with Gasteiger partial charge >= 0.3 is 0 Å². The van der Waals surface area contributed by atoms with Gasteiger partial charge in [0, 0.05) is 26.1 Å². The predicted octanol–water partition coefficient (Wildman–Crippen LogP) is 3.80. The number of hydrogen-bond donors (Lipinski definition) is 1. The average Bonchev–Trinajstić information content (AvgIpc) is 3.67. The summed E-state index contributed by atoms with van der Waals surface area (Å²) in [5.74, 6) is 0.926. The van der Waals surface area contributed by atoms with Crippen LogP contribution in [0.2, 0.25) is 0 Å². The van der Waals surface area contributed by atoms with Crippen LogP contribution >= 0.6 is 0 Å². The van der Waals surface area contributed by atoms with Crippen molar-refractivity contribution in [3.63, 3.8) is 0 Å². The number of benzene rings is 2. The highest BCUT2D eigenvalue weighted by molar-refractivity contribution is 5.82.